The first-order valence-electron chi connectivity index (χ1n) is 9.71. The number of benzene rings is 1. The van der Waals surface area contributed by atoms with Crippen molar-refractivity contribution in [3.05, 3.63) is 77.7 Å². The van der Waals surface area contributed by atoms with Crippen LogP contribution in [0.15, 0.2) is 75.8 Å². The average molecular weight is 420 g/mol. The fourth-order valence-corrected chi connectivity index (χ4v) is 3.89. The van der Waals surface area contributed by atoms with Crippen LogP contribution in [0.1, 0.15) is 24.1 Å². The molecule has 0 saturated carbocycles. The normalized spacial score (nSPS) is 11.2. The summed E-state index contributed by atoms with van der Waals surface area (Å²) in [6.45, 7) is 2.88. The van der Waals surface area contributed by atoms with Crippen LogP contribution in [0.3, 0.4) is 0 Å². The van der Waals surface area contributed by atoms with Crippen molar-refractivity contribution in [1.82, 2.24) is 15.1 Å². The molecule has 7 heteroatoms. The zero-order valence-electron chi connectivity index (χ0n) is 16.5. The summed E-state index contributed by atoms with van der Waals surface area (Å²) in [6, 6.07) is 17.8. The van der Waals surface area contributed by atoms with Crippen LogP contribution in [0.25, 0.3) is 28.2 Å². The smallest absolute Gasteiger partial charge is 0.283 e. The molecule has 0 spiro atoms. The van der Waals surface area contributed by atoms with Gasteiger partial charge in [-0.05, 0) is 42.3 Å². The number of rotatable bonds is 8. The molecule has 0 N–H and O–H groups in total. The van der Waals surface area contributed by atoms with Gasteiger partial charge in [0.05, 0.1) is 12.8 Å². The predicted molar refractivity (Wildman–Crippen MR) is 116 cm³/mol. The first-order chi connectivity index (χ1) is 14.7. The summed E-state index contributed by atoms with van der Waals surface area (Å²) in [4.78, 5) is 16.6. The Hall–Kier alpha value is -3.45. The number of hydrogen-bond acceptors (Lipinski definition) is 6. The number of hydrogen-bond donors (Lipinski definition) is 0. The predicted octanol–water partition coefficient (Wildman–Crippen LogP) is 5.51. The molecule has 4 rings (SSSR count). The maximum Gasteiger partial charge on any atom is 0.283 e. The Bertz CT molecular complexity index is 1110. The van der Waals surface area contributed by atoms with Crippen molar-refractivity contribution >= 4 is 23.3 Å². The van der Waals surface area contributed by atoms with Crippen LogP contribution >= 0.6 is 11.3 Å². The van der Waals surface area contributed by atoms with Crippen molar-refractivity contribution in [2.75, 3.05) is 6.54 Å². The zero-order chi connectivity index (χ0) is 20.8. The Balaban J connectivity index is 1.43. The van der Waals surface area contributed by atoms with Crippen molar-refractivity contribution in [3.63, 3.8) is 0 Å². The molecule has 3 aromatic heterocycles. The van der Waals surface area contributed by atoms with Gasteiger partial charge in [0.25, 0.3) is 5.89 Å². The summed E-state index contributed by atoms with van der Waals surface area (Å²) in [5.74, 6) is 1.10. The molecule has 30 heavy (non-hydrogen) atoms. The maximum atomic E-state index is 12.8. The van der Waals surface area contributed by atoms with E-state index in [1.54, 1.807) is 40.7 Å². The number of aromatic nitrogens is 2. The fraction of sp³-hybridized carbons (Fsp3) is 0.174. The van der Waals surface area contributed by atoms with E-state index in [1.165, 1.54) is 10.4 Å². The minimum Gasteiger partial charge on any atom is -0.459 e. The minimum absolute atomic E-state index is 0.0933. The largest absolute Gasteiger partial charge is 0.459 e. The third kappa shape index (κ3) is 4.75. The molecule has 0 saturated heterocycles. The molecule has 0 aliphatic rings. The van der Waals surface area contributed by atoms with Crippen molar-refractivity contribution in [2.45, 2.75) is 19.9 Å². The molecule has 6 nitrogen and oxygen atoms in total. The van der Waals surface area contributed by atoms with Crippen LogP contribution in [0.4, 0.5) is 0 Å². The van der Waals surface area contributed by atoms with Gasteiger partial charge in [-0.3, -0.25) is 4.79 Å². The van der Waals surface area contributed by atoms with E-state index in [0.717, 1.165) is 11.3 Å². The van der Waals surface area contributed by atoms with E-state index in [-0.39, 0.29) is 12.5 Å². The third-order valence-electron chi connectivity index (χ3n) is 4.41. The lowest BCUT2D eigenvalue weighted by atomic mass is 10.2. The Labute approximate surface area is 178 Å². The first kappa shape index (κ1) is 19.8. The van der Waals surface area contributed by atoms with E-state index in [1.807, 2.05) is 37.3 Å². The molecule has 0 atom stereocenters. The number of thiophene rings is 1. The Kier molecular flexibility index (Phi) is 6.20. The second-order valence-electron chi connectivity index (χ2n) is 6.64. The average Bonchev–Trinajstić information content (AvgIpc) is 3.54. The van der Waals surface area contributed by atoms with Crippen LogP contribution in [-0.2, 0) is 11.3 Å². The van der Waals surface area contributed by atoms with Crippen LogP contribution in [0.5, 0.6) is 0 Å². The summed E-state index contributed by atoms with van der Waals surface area (Å²) in [7, 11) is 0. The van der Waals surface area contributed by atoms with E-state index in [4.69, 9.17) is 8.83 Å². The monoisotopic (exact) mass is 419 g/mol. The fourth-order valence-electron chi connectivity index (χ4n) is 2.98. The molecule has 0 fully saturated rings. The molecule has 0 radical (unpaired) electrons. The molecule has 1 aromatic carbocycles. The van der Waals surface area contributed by atoms with Gasteiger partial charge in [-0.2, -0.15) is 0 Å². The van der Waals surface area contributed by atoms with Gasteiger partial charge in [0.1, 0.15) is 0 Å². The summed E-state index contributed by atoms with van der Waals surface area (Å²) in [5, 5.41) is 8.03. The number of amides is 1. The molecular weight excluding hydrogens is 398 g/mol. The zero-order valence-corrected chi connectivity index (χ0v) is 17.3. The number of carbonyl (C=O) groups excluding carboxylic acids is 1. The van der Waals surface area contributed by atoms with E-state index in [2.05, 4.69) is 28.4 Å². The van der Waals surface area contributed by atoms with Gasteiger partial charge < -0.3 is 13.7 Å². The molecule has 0 aliphatic carbocycles. The lowest BCUT2D eigenvalue weighted by Gasteiger charge is -2.18. The summed E-state index contributed by atoms with van der Waals surface area (Å²) < 4.78 is 10.9. The minimum atomic E-state index is -0.0933. The first-order valence-corrected chi connectivity index (χ1v) is 10.5. The van der Waals surface area contributed by atoms with E-state index >= 15 is 0 Å². The van der Waals surface area contributed by atoms with Gasteiger partial charge in [-0.25, -0.2) is 0 Å². The number of nitrogens with zero attached hydrogens (tertiary/aromatic N) is 3. The topological polar surface area (TPSA) is 72.4 Å². The van der Waals surface area contributed by atoms with Crippen molar-refractivity contribution in [1.29, 1.82) is 0 Å². The van der Waals surface area contributed by atoms with Crippen molar-refractivity contribution in [2.24, 2.45) is 0 Å². The van der Waals surface area contributed by atoms with Crippen LogP contribution in [-0.4, -0.2) is 27.5 Å². The van der Waals surface area contributed by atoms with E-state index in [0.29, 0.717) is 24.1 Å². The van der Waals surface area contributed by atoms with Crippen molar-refractivity contribution < 1.29 is 13.6 Å². The summed E-state index contributed by atoms with van der Waals surface area (Å²) in [5.41, 5.74) is 1.17. The highest BCUT2D eigenvalue weighted by Crippen LogP contribution is 2.28. The highest BCUT2D eigenvalue weighted by molar-refractivity contribution is 7.16. The molecular formula is C23H21N3O3S. The van der Waals surface area contributed by atoms with Gasteiger partial charge in [-0.1, -0.05) is 37.3 Å². The van der Waals surface area contributed by atoms with E-state index < -0.39 is 0 Å². The standard InChI is InChI=1S/C23H21N3O3S/c1-2-14-26(16-21-24-25-23(29-21)19-9-6-15-28-19)22(27)13-11-18-10-12-20(30-18)17-7-4-3-5-8-17/h3-13,15H,2,14,16H2,1H3/b13-11+. The quantitative estimate of drug-likeness (QED) is 0.352. The van der Waals surface area contributed by atoms with Gasteiger partial charge in [-0.15, -0.1) is 21.5 Å². The second kappa shape index (κ2) is 9.37. The Morgan fingerprint density at radius 1 is 1.10 bits per heavy atom. The summed E-state index contributed by atoms with van der Waals surface area (Å²) >= 11 is 1.65. The van der Waals surface area contributed by atoms with Crippen molar-refractivity contribution in [3.8, 4) is 22.1 Å². The highest BCUT2D eigenvalue weighted by Gasteiger charge is 2.16. The summed E-state index contributed by atoms with van der Waals surface area (Å²) in [6.07, 6.45) is 5.82. The third-order valence-corrected chi connectivity index (χ3v) is 5.50. The lowest BCUT2D eigenvalue weighted by Crippen LogP contribution is -2.29. The van der Waals surface area contributed by atoms with Gasteiger partial charge in [0.2, 0.25) is 11.8 Å². The van der Waals surface area contributed by atoms with Gasteiger partial charge in [0, 0.05) is 22.4 Å². The van der Waals surface area contributed by atoms with Crippen LogP contribution in [0, 0.1) is 0 Å². The molecule has 152 valence electrons. The number of carbonyl (C=O) groups is 1. The maximum absolute atomic E-state index is 12.8. The van der Waals surface area contributed by atoms with Gasteiger partial charge in [0.15, 0.2) is 5.76 Å². The molecule has 4 aromatic rings. The van der Waals surface area contributed by atoms with E-state index in [9.17, 15) is 4.79 Å². The highest BCUT2D eigenvalue weighted by atomic mass is 32.1. The van der Waals surface area contributed by atoms with Crippen LogP contribution in [0.2, 0.25) is 0 Å². The number of furan rings is 1. The lowest BCUT2D eigenvalue weighted by molar-refractivity contribution is -0.126. The molecule has 1 amide bonds. The molecule has 3 heterocycles. The SMILES string of the molecule is CCCN(Cc1nnc(-c2ccco2)o1)C(=O)/C=C/c1ccc(-c2ccccc2)s1. The molecule has 0 bridgehead atoms. The van der Waals surface area contributed by atoms with Crippen LogP contribution < -0.4 is 0 Å². The molecule has 0 unspecified atom stereocenters. The second-order valence-corrected chi connectivity index (χ2v) is 7.75. The Morgan fingerprint density at radius 3 is 2.73 bits per heavy atom. The Morgan fingerprint density at radius 2 is 1.97 bits per heavy atom. The van der Waals surface area contributed by atoms with Gasteiger partial charge >= 0.3 is 0 Å². The molecule has 0 aliphatic heterocycles.